The van der Waals surface area contributed by atoms with Gasteiger partial charge in [-0.15, -0.1) is 11.3 Å². The average molecular weight is 405 g/mol. The fourth-order valence-electron chi connectivity index (χ4n) is 1.97. The van der Waals surface area contributed by atoms with Crippen LogP contribution in [0, 0.1) is 0 Å². The molecule has 2 heterocycles. The summed E-state index contributed by atoms with van der Waals surface area (Å²) < 4.78 is 6.15. The molecule has 24 heavy (non-hydrogen) atoms. The fraction of sp³-hybridized carbons (Fsp3) is 0.0625. The number of rotatable bonds is 5. The standard InChI is InChI=1S/C16H13BrN4O2S/c1-23-11-4-2-3-10(7-11)9-18-21-16(22)13-8-12(19-20-13)14-5-6-15(17)24-14/h2-9H,1H3,(H,19,20)(H,21,22)/b18-9-. The molecule has 0 unspecified atom stereocenters. The molecule has 2 aromatic heterocycles. The van der Waals surface area contributed by atoms with E-state index in [1.807, 2.05) is 36.4 Å². The number of hydrogen-bond donors (Lipinski definition) is 2. The third-order valence-electron chi connectivity index (χ3n) is 3.12. The highest BCUT2D eigenvalue weighted by molar-refractivity contribution is 9.11. The van der Waals surface area contributed by atoms with Crippen LogP contribution in [-0.4, -0.2) is 29.4 Å². The second-order valence-corrected chi connectivity index (χ2v) is 7.21. The van der Waals surface area contributed by atoms with Crippen molar-refractivity contribution in [1.29, 1.82) is 0 Å². The highest BCUT2D eigenvalue weighted by Gasteiger charge is 2.11. The molecule has 8 heteroatoms. The van der Waals surface area contributed by atoms with E-state index in [-0.39, 0.29) is 11.6 Å². The second kappa shape index (κ2) is 7.41. The van der Waals surface area contributed by atoms with Gasteiger partial charge in [0.15, 0.2) is 5.69 Å². The van der Waals surface area contributed by atoms with Crippen LogP contribution in [0.3, 0.4) is 0 Å². The zero-order valence-corrected chi connectivity index (χ0v) is 15.0. The molecule has 2 N–H and O–H groups in total. The number of aromatic amines is 1. The molecular weight excluding hydrogens is 392 g/mol. The molecule has 0 radical (unpaired) electrons. The van der Waals surface area contributed by atoms with Gasteiger partial charge in [0.2, 0.25) is 0 Å². The minimum atomic E-state index is -0.382. The number of methoxy groups -OCH3 is 1. The molecule has 1 aromatic carbocycles. The first-order valence-electron chi connectivity index (χ1n) is 6.94. The van der Waals surface area contributed by atoms with Gasteiger partial charge in [-0.3, -0.25) is 9.89 Å². The molecule has 0 aliphatic heterocycles. The van der Waals surface area contributed by atoms with E-state index in [4.69, 9.17) is 4.74 Å². The number of amides is 1. The third-order valence-corrected chi connectivity index (χ3v) is 4.78. The van der Waals surface area contributed by atoms with Gasteiger partial charge in [-0.25, -0.2) is 5.43 Å². The van der Waals surface area contributed by atoms with Crippen LogP contribution in [0.25, 0.3) is 10.6 Å². The zero-order valence-electron chi connectivity index (χ0n) is 12.6. The highest BCUT2D eigenvalue weighted by Crippen LogP contribution is 2.30. The Bertz CT molecular complexity index is 888. The summed E-state index contributed by atoms with van der Waals surface area (Å²) in [4.78, 5) is 13.1. The molecule has 122 valence electrons. The number of nitrogens with zero attached hydrogens (tertiary/aromatic N) is 2. The van der Waals surface area contributed by atoms with Crippen LogP contribution in [0.5, 0.6) is 5.75 Å². The number of halogens is 1. The number of thiophene rings is 1. The monoisotopic (exact) mass is 404 g/mol. The van der Waals surface area contributed by atoms with E-state index >= 15 is 0 Å². The molecule has 0 saturated carbocycles. The van der Waals surface area contributed by atoms with Gasteiger partial charge < -0.3 is 4.74 Å². The van der Waals surface area contributed by atoms with E-state index in [2.05, 4.69) is 36.7 Å². The minimum Gasteiger partial charge on any atom is -0.497 e. The number of H-pyrrole nitrogens is 1. The average Bonchev–Trinajstić information content (AvgIpc) is 3.24. The van der Waals surface area contributed by atoms with Gasteiger partial charge in [0.1, 0.15) is 5.75 Å². The van der Waals surface area contributed by atoms with Crippen molar-refractivity contribution in [2.24, 2.45) is 5.10 Å². The quantitative estimate of drug-likeness (QED) is 0.502. The number of carbonyl (C=O) groups excluding carboxylic acids is 1. The largest absolute Gasteiger partial charge is 0.497 e. The van der Waals surface area contributed by atoms with E-state index in [9.17, 15) is 4.79 Å². The van der Waals surface area contributed by atoms with E-state index in [1.54, 1.807) is 30.7 Å². The first-order chi connectivity index (χ1) is 11.7. The number of hydrogen-bond acceptors (Lipinski definition) is 5. The molecule has 3 rings (SSSR count). The SMILES string of the molecule is COc1cccc(/C=N\NC(=O)c2cc(-c3ccc(Br)s3)[nH]n2)c1. The molecule has 0 bridgehead atoms. The maximum absolute atomic E-state index is 12.1. The van der Waals surface area contributed by atoms with Crippen molar-refractivity contribution in [2.45, 2.75) is 0 Å². The highest BCUT2D eigenvalue weighted by atomic mass is 79.9. The Balaban J connectivity index is 1.65. The summed E-state index contributed by atoms with van der Waals surface area (Å²) in [5.74, 6) is 0.344. The Kier molecular flexibility index (Phi) is 5.07. The van der Waals surface area contributed by atoms with Crippen LogP contribution in [0.15, 0.2) is 51.4 Å². The van der Waals surface area contributed by atoms with Crippen molar-refractivity contribution in [3.05, 3.63) is 57.5 Å². The lowest BCUT2D eigenvalue weighted by Crippen LogP contribution is -2.17. The number of benzene rings is 1. The second-order valence-electron chi connectivity index (χ2n) is 4.75. The van der Waals surface area contributed by atoms with Crippen molar-refractivity contribution in [1.82, 2.24) is 15.6 Å². The zero-order chi connectivity index (χ0) is 16.9. The molecule has 0 atom stereocenters. The lowest BCUT2D eigenvalue weighted by atomic mass is 10.2. The lowest BCUT2D eigenvalue weighted by molar-refractivity contribution is 0.0950. The Morgan fingerprint density at radius 1 is 1.38 bits per heavy atom. The van der Waals surface area contributed by atoms with Gasteiger partial charge in [-0.05, 0) is 51.8 Å². The lowest BCUT2D eigenvalue weighted by Gasteiger charge is -1.99. The van der Waals surface area contributed by atoms with Gasteiger partial charge in [0.25, 0.3) is 5.91 Å². The van der Waals surface area contributed by atoms with E-state index in [1.165, 1.54) is 0 Å². The molecule has 0 fully saturated rings. The maximum Gasteiger partial charge on any atom is 0.291 e. The summed E-state index contributed by atoms with van der Waals surface area (Å²) >= 11 is 4.97. The summed E-state index contributed by atoms with van der Waals surface area (Å²) in [7, 11) is 1.60. The molecule has 0 spiro atoms. The van der Waals surface area contributed by atoms with Crippen molar-refractivity contribution < 1.29 is 9.53 Å². The predicted molar refractivity (Wildman–Crippen MR) is 97.7 cm³/mol. The number of hydrazone groups is 1. The van der Waals surface area contributed by atoms with Crippen molar-refractivity contribution in [3.63, 3.8) is 0 Å². The van der Waals surface area contributed by atoms with Gasteiger partial charge in [0.05, 0.1) is 27.7 Å². The number of aromatic nitrogens is 2. The summed E-state index contributed by atoms with van der Waals surface area (Å²) in [5, 5.41) is 10.8. The molecule has 6 nitrogen and oxygen atoms in total. The van der Waals surface area contributed by atoms with Crippen LogP contribution < -0.4 is 10.2 Å². The van der Waals surface area contributed by atoms with Crippen molar-refractivity contribution in [3.8, 4) is 16.3 Å². The summed E-state index contributed by atoms with van der Waals surface area (Å²) in [5.41, 5.74) is 4.34. The normalized spacial score (nSPS) is 10.9. The smallest absolute Gasteiger partial charge is 0.291 e. The van der Waals surface area contributed by atoms with Crippen molar-refractivity contribution >= 4 is 39.4 Å². The van der Waals surface area contributed by atoms with Crippen LogP contribution in [0.4, 0.5) is 0 Å². The first-order valence-corrected chi connectivity index (χ1v) is 8.55. The van der Waals surface area contributed by atoms with Crippen LogP contribution in [-0.2, 0) is 0 Å². The maximum atomic E-state index is 12.1. The van der Waals surface area contributed by atoms with Crippen molar-refractivity contribution in [2.75, 3.05) is 7.11 Å². The van der Waals surface area contributed by atoms with E-state index in [0.717, 1.165) is 25.7 Å². The summed E-state index contributed by atoms with van der Waals surface area (Å²) in [6.45, 7) is 0. The molecule has 0 aliphatic carbocycles. The van der Waals surface area contributed by atoms with Gasteiger partial charge in [-0.1, -0.05) is 12.1 Å². The Morgan fingerprint density at radius 2 is 2.25 bits per heavy atom. The van der Waals surface area contributed by atoms with Crippen LogP contribution in [0.2, 0.25) is 0 Å². The summed E-state index contributed by atoms with van der Waals surface area (Å²) in [6.07, 6.45) is 1.55. The van der Waals surface area contributed by atoms with Crippen LogP contribution in [0.1, 0.15) is 16.1 Å². The molecule has 0 aliphatic rings. The van der Waals surface area contributed by atoms with Gasteiger partial charge >= 0.3 is 0 Å². The fourth-order valence-corrected chi connectivity index (χ4v) is 3.32. The van der Waals surface area contributed by atoms with Gasteiger partial charge in [0, 0.05) is 0 Å². The van der Waals surface area contributed by atoms with Gasteiger partial charge in [-0.2, -0.15) is 10.2 Å². The Labute approximate surface area is 150 Å². The van der Waals surface area contributed by atoms with E-state index < -0.39 is 0 Å². The number of carbonyl (C=O) groups is 1. The Hall–Kier alpha value is -2.45. The van der Waals surface area contributed by atoms with E-state index in [0.29, 0.717) is 0 Å². The Morgan fingerprint density at radius 3 is 3.00 bits per heavy atom. The molecule has 1 amide bonds. The summed E-state index contributed by atoms with van der Waals surface area (Å²) in [6, 6.07) is 12.9. The number of nitrogens with one attached hydrogen (secondary N) is 2. The van der Waals surface area contributed by atoms with Crippen LogP contribution >= 0.6 is 27.3 Å². The predicted octanol–water partition coefficient (Wildman–Crippen LogP) is 3.67. The first kappa shape index (κ1) is 16.4. The molecule has 3 aromatic rings. The third kappa shape index (κ3) is 3.90. The molecule has 0 saturated heterocycles. The molecular formula is C16H13BrN4O2S. The minimum absolute atomic E-state index is 0.275. The number of ether oxygens (including phenoxy) is 1. The topological polar surface area (TPSA) is 79.4 Å².